The minimum Gasteiger partial charge on any atom is -0.466 e. The lowest BCUT2D eigenvalue weighted by Crippen LogP contribution is -2.24. The largest absolute Gasteiger partial charge is 0.466 e. The molecule has 3 aromatic rings. The van der Waals surface area contributed by atoms with E-state index < -0.39 is 6.04 Å². The number of aryl methyl sites for hydroxylation is 2. The van der Waals surface area contributed by atoms with E-state index in [0.717, 1.165) is 27.6 Å². The average Bonchev–Trinajstić information content (AvgIpc) is 3.23. The van der Waals surface area contributed by atoms with Crippen LogP contribution < -0.4 is 10.6 Å². The number of benzene rings is 2. The molecule has 2 aromatic carbocycles. The first-order valence-corrected chi connectivity index (χ1v) is 12.2. The van der Waals surface area contributed by atoms with E-state index in [1.807, 2.05) is 35.9 Å². The first-order valence-electron chi connectivity index (χ1n) is 12.2. The van der Waals surface area contributed by atoms with Gasteiger partial charge in [0.1, 0.15) is 6.04 Å². The summed E-state index contributed by atoms with van der Waals surface area (Å²) >= 11 is 0. The normalized spacial score (nSPS) is 11.5. The molecule has 0 saturated heterocycles. The zero-order valence-corrected chi connectivity index (χ0v) is 21.6. The van der Waals surface area contributed by atoms with Gasteiger partial charge in [-0.05, 0) is 74.0 Å². The second kappa shape index (κ2) is 12.6. The summed E-state index contributed by atoms with van der Waals surface area (Å²) in [7, 11) is 1.58. The van der Waals surface area contributed by atoms with Gasteiger partial charge in [0.05, 0.1) is 13.2 Å². The number of carbonyl (C=O) groups is 3. The van der Waals surface area contributed by atoms with Gasteiger partial charge < -0.3 is 19.9 Å². The number of rotatable bonds is 11. The topological polar surface area (TPSA) is 138 Å². The molecule has 2 N–H and O–H groups in total. The highest BCUT2D eigenvalue weighted by Gasteiger charge is 2.20. The minimum absolute atomic E-state index is 0.154. The van der Waals surface area contributed by atoms with E-state index in [-0.39, 0.29) is 30.7 Å². The molecule has 1 heterocycles. The van der Waals surface area contributed by atoms with Crippen LogP contribution in [0.15, 0.2) is 47.7 Å². The first kappa shape index (κ1) is 27.3. The van der Waals surface area contributed by atoms with Crippen LogP contribution in [0.25, 0.3) is 21.3 Å². The number of ether oxygens (including phenoxy) is 1. The number of carbonyl (C=O) groups excluding carboxylic acids is 3. The Hall–Kier alpha value is -4.30. The molecule has 0 aliphatic rings. The summed E-state index contributed by atoms with van der Waals surface area (Å²) in [4.78, 5) is 40.1. The smallest absolute Gasteiger partial charge is 0.305 e. The van der Waals surface area contributed by atoms with E-state index >= 15 is 0 Å². The molecule has 0 bridgehead atoms. The molecule has 0 aliphatic carbocycles. The van der Waals surface area contributed by atoms with Crippen molar-refractivity contribution in [1.82, 2.24) is 9.88 Å². The van der Waals surface area contributed by atoms with Crippen LogP contribution in [0, 0.1) is 6.92 Å². The maximum Gasteiger partial charge on any atom is 0.305 e. The van der Waals surface area contributed by atoms with E-state index in [1.165, 1.54) is 0 Å². The third-order valence-corrected chi connectivity index (χ3v) is 6.20. The second-order valence-corrected chi connectivity index (χ2v) is 8.73. The van der Waals surface area contributed by atoms with E-state index in [4.69, 9.17) is 10.3 Å². The molecule has 10 heteroatoms. The third-order valence-electron chi connectivity index (χ3n) is 6.20. The molecule has 0 aliphatic heterocycles. The molecular weight excluding hydrogens is 472 g/mol. The number of nitrogens with zero attached hydrogens (tertiary/aromatic N) is 4. The van der Waals surface area contributed by atoms with Gasteiger partial charge in [0.25, 0.3) is 5.91 Å². The van der Waals surface area contributed by atoms with Crippen molar-refractivity contribution in [3.05, 3.63) is 75.3 Å². The number of nitrogens with one attached hydrogen (secondary N) is 2. The number of hydrogen-bond acceptors (Lipinski definition) is 5. The first-order chi connectivity index (χ1) is 17.8. The number of fused-ring (bicyclic) bond motifs is 1. The number of esters is 1. The van der Waals surface area contributed by atoms with Gasteiger partial charge in [-0.3, -0.25) is 14.4 Å². The number of aromatic nitrogens is 1. The molecule has 1 atom stereocenters. The van der Waals surface area contributed by atoms with Crippen LogP contribution in [-0.4, -0.2) is 36.0 Å². The van der Waals surface area contributed by atoms with Crippen LogP contribution in [0.1, 0.15) is 59.8 Å². The van der Waals surface area contributed by atoms with Crippen molar-refractivity contribution in [2.24, 2.45) is 5.11 Å². The Morgan fingerprint density at radius 3 is 2.68 bits per heavy atom. The van der Waals surface area contributed by atoms with Crippen molar-refractivity contribution in [3.8, 4) is 0 Å². The van der Waals surface area contributed by atoms with Crippen molar-refractivity contribution in [1.29, 1.82) is 0 Å². The third kappa shape index (κ3) is 6.68. The van der Waals surface area contributed by atoms with Crippen molar-refractivity contribution in [2.75, 3.05) is 19.0 Å². The zero-order valence-electron chi connectivity index (χ0n) is 21.6. The summed E-state index contributed by atoms with van der Waals surface area (Å²) in [5.74, 6) is -0.698. The van der Waals surface area contributed by atoms with Crippen molar-refractivity contribution in [2.45, 2.75) is 52.6 Å². The molecular formula is C27H32N6O4. The molecule has 0 spiro atoms. The predicted molar refractivity (Wildman–Crippen MR) is 142 cm³/mol. The number of anilines is 1. The Kier molecular flexibility index (Phi) is 9.29. The summed E-state index contributed by atoms with van der Waals surface area (Å²) in [5, 5.41) is 10.2. The maximum atomic E-state index is 13.4. The Balaban J connectivity index is 1.87. The molecule has 194 valence electrons. The van der Waals surface area contributed by atoms with Crippen LogP contribution in [0.5, 0.6) is 0 Å². The number of azide groups is 1. The zero-order chi connectivity index (χ0) is 26.9. The van der Waals surface area contributed by atoms with Crippen LogP contribution in [0.2, 0.25) is 0 Å². The van der Waals surface area contributed by atoms with Gasteiger partial charge >= 0.3 is 5.97 Å². The van der Waals surface area contributed by atoms with E-state index in [1.54, 1.807) is 39.1 Å². The predicted octanol–water partition coefficient (Wildman–Crippen LogP) is 5.21. The lowest BCUT2D eigenvalue weighted by molar-refractivity contribution is -0.143. The monoisotopic (exact) mass is 504 g/mol. The fourth-order valence-electron chi connectivity index (χ4n) is 4.22. The van der Waals surface area contributed by atoms with Gasteiger partial charge in [-0.1, -0.05) is 23.3 Å². The molecule has 0 saturated carbocycles. The Labute approximate surface area is 215 Å². The van der Waals surface area contributed by atoms with Crippen molar-refractivity contribution < 1.29 is 19.1 Å². The quantitative estimate of drug-likeness (QED) is 0.160. The van der Waals surface area contributed by atoms with Crippen molar-refractivity contribution in [3.63, 3.8) is 0 Å². The molecule has 2 amide bonds. The summed E-state index contributed by atoms with van der Waals surface area (Å²) < 4.78 is 6.86. The molecule has 0 radical (unpaired) electrons. The number of amides is 2. The fraction of sp³-hybridized carbons (Fsp3) is 0.370. The Morgan fingerprint density at radius 2 is 1.97 bits per heavy atom. The fourth-order valence-corrected chi connectivity index (χ4v) is 4.22. The lowest BCUT2D eigenvalue weighted by Gasteiger charge is -2.18. The van der Waals surface area contributed by atoms with E-state index in [0.29, 0.717) is 30.7 Å². The van der Waals surface area contributed by atoms with Crippen LogP contribution >= 0.6 is 0 Å². The average molecular weight is 505 g/mol. The van der Waals surface area contributed by atoms with Gasteiger partial charge in [0.15, 0.2) is 0 Å². The van der Waals surface area contributed by atoms with Gasteiger partial charge in [-0.2, -0.15) is 0 Å². The molecule has 1 aromatic heterocycles. The van der Waals surface area contributed by atoms with Gasteiger partial charge in [-0.25, -0.2) is 0 Å². The minimum atomic E-state index is -0.579. The Morgan fingerprint density at radius 1 is 1.19 bits per heavy atom. The summed E-state index contributed by atoms with van der Waals surface area (Å²) in [6.45, 7) is 6.02. The molecule has 37 heavy (non-hydrogen) atoms. The van der Waals surface area contributed by atoms with Crippen molar-refractivity contribution >= 4 is 34.4 Å². The van der Waals surface area contributed by atoms with Crippen LogP contribution in [0.3, 0.4) is 0 Å². The highest BCUT2D eigenvalue weighted by atomic mass is 16.5. The standard InChI is InChI=1S/C27H32N6O4/c1-5-37-25(34)8-6-7-20-10-9-19(15-30-32-28)13-23(20)31-26(35)18(3)33-16-17(2)22-12-11-21(14-24(22)33)27(36)29-4/h9-14,16,18H,5-8,15H2,1-4H3,(H,29,36)(H,31,35). The van der Waals surface area contributed by atoms with Gasteiger partial charge in [0.2, 0.25) is 5.91 Å². The van der Waals surface area contributed by atoms with Gasteiger partial charge in [-0.15, -0.1) is 0 Å². The molecule has 0 fully saturated rings. The van der Waals surface area contributed by atoms with E-state index in [2.05, 4.69) is 20.7 Å². The summed E-state index contributed by atoms with van der Waals surface area (Å²) in [6.07, 6.45) is 3.31. The number of hydrogen-bond donors (Lipinski definition) is 2. The summed E-state index contributed by atoms with van der Waals surface area (Å²) in [6, 6.07) is 10.4. The van der Waals surface area contributed by atoms with Crippen LogP contribution in [0.4, 0.5) is 5.69 Å². The second-order valence-electron chi connectivity index (χ2n) is 8.73. The Bertz CT molecular complexity index is 1360. The maximum absolute atomic E-state index is 13.4. The molecule has 3 rings (SSSR count). The summed E-state index contributed by atoms with van der Waals surface area (Å²) in [5.41, 5.74) is 13.2. The van der Waals surface area contributed by atoms with Gasteiger partial charge in [0, 0.05) is 46.7 Å². The SMILES string of the molecule is CCOC(=O)CCCc1ccc(CN=[N+]=[N-])cc1NC(=O)C(C)n1cc(C)c2ccc(C(=O)NC)cc21. The molecule has 10 nitrogen and oxygen atoms in total. The van der Waals surface area contributed by atoms with E-state index in [9.17, 15) is 14.4 Å². The molecule has 1 unspecified atom stereocenters. The van der Waals surface area contributed by atoms with Crippen LogP contribution in [-0.2, 0) is 27.3 Å². The lowest BCUT2D eigenvalue weighted by atomic mass is 10.0. The highest BCUT2D eigenvalue weighted by Crippen LogP contribution is 2.27. The highest BCUT2D eigenvalue weighted by molar-refractivity contribution is 6.00.